The Balaban J connectivity index is 2.26. The van der Waals surface area contributed by atoms with Crippen LogP contribution in [0.25, 0.3) is 0 Å². The van der Waals surface area contributed by atoms with E-state index in [2.05, 4.69) is 5.32 Å². The Bertz CT molecular complexity index is 901. The highest BCUT2D eigenvalue weighted by Gasteiger charge is 2.18. The van der Waals surface area contributed by atoms with Crippen LogP contribution in [0.2, 0.25) is 0 Å². The number of nitrogens with one attached hydrogen (secondary N) is 1. The van der Waals surface area contributed by atoms with Gasteiger partial charge in [-0.2, -0.15) is 0 Å². The van der Waals surface area contributed by atoms with Gasteiger partial charge in [-0.05, 0) is 50.2 Å². The Morgan fingerprint density at radius 1 is 0.962 bits per heavy atom. The Kier molecular flexibility index (Phi) is 6.15. The highest BCUT2D eigenvalue weighted by molar-refractivity contribution is 7.90. The number of nitrogens with zero attached hydrogens (tertiary/aromatic N) is 1. The van der Waals surface area contributed by atoms with E-state index in [9.17, 15) is 18.0 Å². The number of rotatable bonds is 6. The van der Waals surface area contributed by atoms with Crippen LogP contribution in [0.4, 0.5) is 5.69 Å². The van der Waals surface area contributed by atoms with Gasteiger partial charge in [0, 0.05) is 24.9 Å². The highest BCUT2D eigenvalue weighted by atomic mass is 32.2. The number of carbonyl (C=O) groups excluding carboxylic acids is 2. The van der Waals surface area contributed by atoms with Gasteiger partial charge in [0.1, 0.15) is 0 Å². The topological polar surface area (TPSA) is 83.6 Å². The first kappa shape index (κ1) is 19.7. The first-order chi connectivity index (χ1) is 12.3. The molecule has 2 aromatic rings. The maximum Gasteiger partial charge on any atom is 0.255 e. The van der Waals surface area contributed by atoms with E-state index in [1.165, 1.54) is 24.3 Å². The van der Waals surface area contributed by atoms with E-state index in [4.69, 9.17) is 0 Å². The van der Waals surface area contributed by atoms with E-state index in [-0.39, 0.29) is 10.8 Å². The Morgan fingerprint density at radius 2 is 1.54 bits per heavy atom. The predicted molar refractivity (Wildman–Crippen MR) is 101 cm³/mol. The molecule has 0 unspecified atom stereocenters. The van der Waals surface area contributed by atoms with Crippen molar-refractivity contribution in [2.75, 3.05) is 24.7 Å². The number of hydrogen-bond donors (Lipinski definition) is 1. The van der Waals surface area contributed by atoms with Crippen molar-refractivity contribution in [2.45, 2.75) is 18.7 Å². The van der Waals surface area contributed by atoms with Crippen molar-refractivity contribution in [3.8, 4) is 0 Å². The minimum absolute atomic E-state index is 0.145. The molecule has 2 amide bonds. The molecule has 0 saturated heterocycles. The van der Waals surface area contributed by atoms with Crippen molar-refractivity contribution in [3.63, 3.8) is 0 Å². The van der Waals surface area contributed by atoms with Crippen molar-refractivity contribution < 1.29 is 18.0 Å². The van der Waals surface area contributed by atoms with Crippen LogP contribution in [0.5, 0.6) is 0 Å². The van der Waals surface area contributed by atoms with Gasteiger partial charge >= 0.3 is 0 Å². The van der Waals surface area contributed by atoms with Gasteiger partial charge in [-0.15, -0.1) is 0 Å². The average Bonchev–Trinajstić information content (AvgIpc) is 2.62. The van der Waals surface area contributed by atoms with Crippen LogP contribution < -0.4 is 5.32 Å². The van der Waals surface area contributed by atoms with Crippen LogP contribution >= 0.6 is 0 Å². The van der Waals surface area contributed by atoms with Gasteiger partial charge in [0.2, 0.25) is 0 Å². The summed E-state index contributed by atoms with van der Waals surface area (Å²) >= 11 is 0. The molecule has 1 N–H and O–H groups in total. The first-order valence-corrected chi connectivity index (χ1v) is 10.2. The second kappa shape index (κ2) is 8.14. The fourth-order valence-electron chi connectivity index (χ4n) is 2.51. The van der Waals surface area contributed by atoms with E-state index in [1.54, 1.807) is 29.2 Å². The molecule has 0 aliphatic heterocycles. The van der Waals surface area contributed by atoms with Gasteiger partial charge in [0.05, 0.1) is 16.1 Å². The average molecular weight is 374 g/mol. The lowest BCUT2D eigenvalue weighted by Crippen LogP contribution is -2.31. The maximum absolute atomic E-state index is 12.6. The lowest BCUT2D eigenvalue weighted by molar-refractivity contribution is 0.0774. The second-order valence-corrected chi connectivity index (χ2v) is 7.79. The lowest BCUT2D eigenvalue weighted by atomic mass is 10.1. The third kappa shape index (κ3) is 4.49. The SMILES string of the molecule is CCN(CC)C(=O)c1ccccc1NC(=O)c1ccc(S(C)(=O)=O)cc1. The molecule has 7 heteroatoms. The largest absolute Gasteiger partial charge is 0.339 e. The smallest absolute Gasteiger partial charge is 0.255 e. The molecule has 0 heterocycles. The molecule has 0 saturated carbocycles. The van der Waals surface area contributed by atoms with Gasteiger partial charge in [-0.25, -0.2) is 8.42 Å². The van der Waals surface area contributed by atoms with Crippen molar-refractivity contribution in [1.29, 1.82) is 0 Å². The fraction of sp³-hybridized carbons (Fsp3) is 0.263. The monoisotopic (exact) mass is 374 g/mol. The molecule has 138 valence electrons. The fourth-order valence-corrected chi connectivity index (χ4v) is 3.14. The lowest BCUT2D eigenvalue weighted by Gasteiger charge is -2.20. The zero-order valence-corrected chi connectivity index (χ0v) is 15.8. The number of sulfone groups is 1. The van der Waals surface area contributed by atoms with E-state index in [1.807, 2.05) is 13.8 Å². The molecule has 0 bridgehead atoms. The predicted octanol–water partition coefficient (Wildman–Crippen LogP) is 2.82. The molecule has 2 rings (SSSR count). The summed E-state index contributed by atoms with van der Waals surface area (Å²) in [6.07, 6.45) is 1.11. The molecule has 0 aromatic heterocycles. The summed E-state index contributed by atoms with van der Waals surface area (Å²) in [6, 6.07) is 12.5. The van der Waals surface area contributed by atoms with Crippen LogP contribution in [0.1, 0.15) is 34.6 Å². The first-order valence-electron chi connectivity index (χ1n) is 8.27. The number of para-hydroxylation sites is 1. The molecule has 0 fully saturated rings. The molecule has 0 radical (unpaired) electrons. The van der Waals surface area contributed by atoms with Gasteiger partial charge in [-0.3, -0.25) is 9.59 Å². The summed E-state index contributed by atoms with van der Waals surface area (Å²) in [5, 5.41) is 2.73. The molecule has 0 aliphatic rings. The normalized spacial score (nSPS) is 11.0. The Labute approximate surface area is 153 Å². The molecule has 0 spiro atoms. The molecule has 2 aromatic carbocycles. The summed E-state index contributed by atoms with van der Waals surface area (Å²) in [6.45, 7) is 4.94. The Hall–Kier alpha value is -2.67. The minimum Gasteiger partial charge on any atom is -0.339 e. The number of hydrogen-bond acceptors (Lipinski definition) is 4. The quantitative estimate of drug-likeness (QED) is 0.843. The number of anilines is 1. The summed E-state index contributed by atoms with van der Waals surface area (Å²) in [5.41, 5.74) is 1.14. The maximum atomic E-state index is 12.6. The number of benzene rings is 2. The summed E-state index contributed by atoms with van der Waals surface area (Å²) in [4.78, 5) is 26.9. The van der Waals surface area contributed by atoms with Gasteiger partial charge in [0.15, 0.2) is 9.84 Å². The third-order valence-electron chi connectivity index (χ3n) is 4.00. The number of carbonyl (C=O) groups is 2. The third-order valence-corrected chi connectivity index (χ3v) is 5.13. The highest BCUT2D eigenvalue weighted by Crippen LogP contribution is 2.19. The van der Waals surface area contributed by atoms with E-state index >= 15 is 0 Å². The molecule has 26 heavy (non-hydrogen) atoms. The number of amides is 2. The molecule has 6 nitrogen and oxygen atoms in total. The zero-order valence-electron chi connectivity index (χ0n) is 15.0. The van der Waals surface area contributed by atoms with Crippen LogP contribution in [0.15, 0.2) is 53.4 Å². The van der Waals surface area contributed by atoms with Crippen LogP contribution in [0.3, 0.4) is 0 Å². The van der Waals surface area contributed by atoms with E-state index in [0.29, 0.717) is 29.9 Å². The van der Waals surface area contributed by atoms with Gasteiger partial charge < -0.3 is 10.2 Å². The Morgan fingerprint density at radius 3 is 2.08 bits per heavy atom. The van der Waals surface area contributed by atoms with E-state index in [0.717, 1.165) is 6.26 Å². The zero-order chi connectivity index (χ0) is 19.3. The summed E-state index contributed by atoms with van der Waals surface area (Å²) in [5.74, 6) is -0.567. The minimum atomic E-state index is -3.32. The van der Waals surface area contributed by atoms with E-state index < -0.39 is 15.7 Å². The summed E-state index contributed by atoms with van der Waals surface area (Å²) < 4.78 is 23.0. The summed E-state index contributed by atoms with van der Waals surface area (Å²) in [7, 11) is -3.32. The molecular formula is C19H22N2O4S. The second-order valence-electron chi connectivity index (χ2n) is 5.77. The van der Waals surface area contributed by atoms with Crippen LogP contribution in [0, 0.1) is 0 Å². The van der Waals surface area contributed by atoms with Gasteiger partial charge in [-0.1, -0.05) is 12.1 Å². The standard InChI is InChI=1S/C19H22N2O4S/c1-4-21(5-2)19(23)16-8-6-7-9-17(16)20-18(22)14-10-12-15(13-11-14)26(3,24)25/h6-13H,4-5H2,1-3H3,(H,20,22). The van der Waals surface area contributed by atoms with Crippen LogP contribution in [-0.2, 0) is 9.84 Å². The molecule has 0 aliphatic carbocycles. The van der Waals surface area contributed by atoms with Crippen molar-refractivity contribution in [2.24, 2.45) is 0 Å². The van der Waals surface area contributed by atoms with Crippen molar-refractivity contribution in [3.05, 3.63) is 59.7 Å². The van der Waals surface area contributed by atoms with Crippen molar-refractivity contribution >= 4 is 27.3 Å². The van der Waals surface area contributed by atoms with Crippen molar-refractivity contribution in [1.82, 2.24) is 4.90 Å². The van der Waals surface area contributed by atoms with Gasteiger partial charge in [0.25, 0.3) is 11.8 Å². The molecule has 0 atom stereocenters. The molecular weight excluding hydrogens is 352 g/mol. The van der Waals surface area contributed by atoms with Crippen LogP contribution in [-0.4, -0.2) is 44.5 Å².